The molecule has 1 aliphatic heterocycles. The lowest BCUT2D eigenvalue weighted by Crippen LogP contribution is -2.46. The van der Waals surface area contributed by atoms with Crippen molar-refractivity contribution in [2.45, 2.75) is 44.6 Å². The molecule has 1 saturated carbocycles. The van der Waals surface area contributed by atoms with Crippen molar-refractivity contribution in [3.05, 3.63) is 53.5 Å². The van der Waals surface area contributed by atoms with Crippen LogP contribution in [0, 0.1) is 11.7 Å². The highest BCUT2D eigenvalue weighted by atomic mass is 19.3. The molecule has 5 nitrogen and oxygen atoms in total. The minimum absolute atomic E-state index is 0.0384. The number of hydrogen-bond donors (Lipinski definition) is 1. The number of hydrogen-bond acceptors (Lipinski definition) is 4. The van der Waals surface area contributed by atoms with E-state index in [-0.39, 0.29) is 42.5 Å². The zero-order chi connectivity index (χ0) is 22.2. The predicted molar refractivity (Wildman–Crippen MR) is 111 cm³/mol. The Bertz CT molecular complexity index is 946. The van der Waals surface area contributed by atoms with E-state index in [1.807, 2.05) is 11.8 Å². The van der Waals surface area contributed by atoms with Gasteiger partial charge in [0.25, 0.3) is 5.92 Å². The monoisotopic (exact) mass is 433 g/mol. The Labute approximate surface area is 179 Å². The summed E-state index contributed by atoms with van der Waals surface area (Å²) in [6.45, 7) is 4.66. The van der Waals surface area contributed by atoms with Crippen LogP contribution in [0.4, 0.5) is 19.0 Å². The standard InChI is InChI=1S/C23H26F3N3O2/c1-14(28-15(2)30)7-16-3-5-17(6-4-16)18-11-29(12-18)22-21(24)8-20(10-27-22)31-13-19-9-23(19,25)26/h3-6,8,10,14,18-19H,7,9,11-13H2,1-2H3,(H,28,30). The number of aromatic nitrogens is 1. The summed E-state index contributed by atoms with van der Waals surface area (Å²) in [5, 5.41) is 2.87. The van der Waals surface area contributed by atoms with Crippen LogP contribution in [-0.2, 0) is 11.2 Å². The van der Waals surface area contributed by atoms with Crippen molar-refractivity contribution in [3.8, 4) is 5.75 Å². The molecule has 1 aliphatic carbocycles. The first kappa shape index (κ1) is 21.5. The number of nitrogens with zero attached hydrogens (tertiary/aromatic N) is 2. The molecular weight excluding hydrogens is 407 g/mol. The normalized spacial score (nSPS) is 20.7. The Morgan fingerprint density at radius 2 is 2.00 bits per heavy atom. The lowest BCUT2D eigenvalue weighted by molar-refractivity contribution is -0.119. The zero-order valence-corrected chi connectivity index (χ0v) is 17.6. The third kappa shape index (κ3) is 5.11. The third-order valence-electron chi connectivity index (χ3n) is 5.83. The minimum Gasteiger partial charge on any atom is -0.491 e. The van der Waals surface area contributed by atoms with Gasteiger partial charge in [0, 0.05) is 44.5 Å². The summed E-state index contributed by atoms with van der Waals surface area (Å²) in [5.74, 6) is -3.28. The molecule has 0 spiro atoms. The van der Waals surface area contributed by atoms with Crippen molar-refractivity contribution in [1.82, 2.24) is 10.3 Å². The van der Waals surface area contributed by atoms with E-state index in [1.165, 1.54) is 24.8 Å². The molecule has 4 rings (SSSR count). The number of alkyl halides is 2. The van der Waals surface area contributed by atoms with Gasteiger partial charge >= 0.3 is 0 Å². The molecule has 1 amide bonds. The molecule has 2 heterocycles. The van der Waals surface area contributed by atoms with Gasteiger partial charge in [-0.25, -0.2) is 18.2 Å². The summed E-state index contributed by atoms with van der Waals surface area (Å²) in [6, 6.07) is 9.55. The van der Waals surface area contributed by atoms with E-state index in [0.29, 0.717) is 13.1 Å². The molecule has 1 saturated heterocycles. The molecule has 2 aromatic rings. The Balaban J connectivity index is 1.28. The van der Waals surface area contributed by atoms with Crippen molar-refractivity contribution in [2.75, 3.05) is 24.6 Å². The number of pyridine rings is 1. The number of halogens is 3. The molecular formula is C23H26F3N3O2. The van der Waals surface area contributed by atoms with E-state index in [4.69, 9.17) is 4.74 Å². The second-order valence-electron chi connectivity index (χ2n) is 8.60. The average molecular weight is 433 g/mol. The Kier molecular flexibility index (Phi) is 5.81. The first-order valence-corrected chi connectivity index (χ1v) is 10.5. The van der Waals surface area contributed by atoms with Crippen molar-refractivity contribution in [3.63, 3.8) is 0 Å². The van der Waals surface area contributed by atoms with Crippen molar-refractivity contribution >= 4 is 11.7 Å². The van der Waals surface area contributed by atoms with Gasteiger partial charge in [0.1, 0.15) is 5.75 Å². The zero-order valence-electron chi connectivity index (χ0n) is 17.6. The van der Waals surface area contributed by atoms with Crippen LogP contribution in [0.2, 0.25) is 0 Å². The van der Waals surface area contributed by atoms with E-state index in [9.17, 15) is 18.0 Å². The lowest BCUT2D eigenvalue weighted by atomic mass is 9.90. The molecule has 2 unspecified atom stereocenters. The molecule has 2 fully saturated rings. The molecule has 2 atom stereocenters. The quantitative estimate of drug-likeness (QED) is 0.686. The number of carbonyl (C=O) groups excluding carboxylic acids is 1. The van der Waals surface area contributed by atoms with Gasteiger partial charge in [-0.3, -0.25) is 4.79 Å². The van der Waals surface area contributed by atoms with Crippen LogP contribution in [-0.4, -0.2) is 42.6 Å². The third-order valence-corrected chi connectivity index (χ3v) is 5.83. The van der Waals surface area contributed by atoms with Gasteiger partial charge in [0.05, 0.1) is 18.7 Å². The lowest BCUT2D eigenvalue weighted by Gasteiger charge is -2.40. The number of carbonyl (C=O) groups is 1. The van der Waals surface area contributed by atoms with Crippen molar-refractivity contribution in [1.29, 1.82) is 0 Å². The molecule has 1 aromatic heterocycles. The molecule has 0 bridgehead atoms. The van der Waals surface area contributed by atoms with Gasteiger partial charge < -0.3 is 15.0 Å². The average Bonchev–Trinajstić information content (AvgIpc) is 3.27. The van der Waals surface area contributed by atoms with Crippen molar-refractivity contribution < 1.29 is 22.7 Å². The maximum atomic E-state index is 14.4. The maximum absolute atomic E-state index is 14.4. The number of ether oxygens (including phenoxy) is 1. The first-order chi connectivity index (χ1) is 14.7. The highest BCUT2D eigenvalue weighted by Gasteiger charge is 2.57. The fourth-order valence-corrected chi connectivity index (χ4v) is 3.91. The summed E-state index contributed by atoms with van der Waals surface area (Å²) in [4.78, 5) is 17.1. The van der Waals surface area contributed by atoms with E-state index < -0.39 is 17.7 Å². The number of anilines is 1. The summed E-state index contributed by atoms with van der Waals surface area (Å²) in [6.07, 6.45) is 1.97. The smallest absolute Gasteiger partial charge is 0.255 e. The van der Waals surface area contributed by atoms with Gasteiger partial charge in [0.2, 0.25) is 5.91 Å². The van der Waals surface area contributed by atoms with Crippen LogP contribution in [0.3, 0.4) is 0 Å². The minimum atomic E-state index is -2.65. The van der Waals surface area contributed by atoms with Crippen LogP contribution in [0.25, 0.3) is 0 Å². The Morgan fingerprint density at radius 1 is 1.32 bits per heavy atom. The maximum Gasteiger partial charge on any atom is 0.255 e. The molecule has 1 N–H and O–H groups in total. The van der Waals surface area contributed by atoms with Gasteiger partial charge in [-0.2, -0.15) is 0 Å². The van der Waals surface area contributed by atoms with Gasteiger partial charge in [-0.15, -0.1) is 0 Å². The van der Waals surface area contributed by atoms with Crippen molar-refractivity contribution in [2.24, 2.45) is 5.92 Å². The number of amides is 1. The Morgan fingerprint density at radius 3 is 2.58 bits per heavy atom. The van der Waals surface area contributed by atoms with Crippen LogP contribution in [0.5, 0.6) is 5.75 Å². The fourth-order valence-electron chi connectivity index (χ4n) is 3.91. The van der Waals surface area contributed by atoms with Gasteiger partial charge in [-0.1, -0.05) is 24.3 Å². The molecule has 8 heteroatoms. The van der Waals surface area contributed by atoms with Crippen LogP contribution >= 0.6 is 0 Å². The van der Waals surface area contributed by atoms with Crippen LogP contribution < -0.4 is 15.0 Å². The molecule has 0 radical (unpaired) electrons. The van der Waals surface area contributed by atoms with E-state index >= 15 is 0 Å². The second-order valence-corrected chi connectivity index (χ2v) is 8.60. The molecule has 2 aliphatic rings. The summed E-state index contributed by atoms with van der Waals surface area (Å²) < 4.78 is 45.5. The Hall–Kier alpha value is -2.77. The second kappa shape index (κ2) is 8.40. The summed E-state index contributed by atoms with van der Waals surface area (Å²) >= 11 is 0. The summed E-state index contributed by atoms with van der Waals surface area (Å²) in [7, 11) is 0. The predicted octanol–water partition coefficient (Wildman–Crippen LogP) is 3.93. The number of benzene rings is 1. The summed E-state index contributed by atoms with van der Waals surface area (Å²) in [5.41, 5.74) is 2.33. The van der Waals surface area contributed by atoms with Crippen LogP contribution in [0.1, 0.15) is 37.3 Å². The molecule has 1 aromatic carbocycles. The molecule has 166 valence electrons. The number of nitrogens with one attached hydrogen (secondary N) is 1. The largest absolute Gasteiger partial charge is 0.491 e. The molecule has 31 heavy (non-hydrogen) atoms. The topological polar surface area (TPSA) is 54.5 Å². The highest BCUT2D eigenvalue weighted by Crippen LogP contribution is 2.48. The van der Waals surface area contributed by atoms with Gasteiger partial charge in [-0.05, 0) is 24.5 Å². The highest BCUT2D eigenvalue weighted by molar-refractivity contribution is 5.73. The van der Waals surface area contributed by atoms with E-state index in [2.05, 4.69) is 34.6 Å². The van der Waals surface area contributed by atoms with Crippen LogP contribution in [0.15, 0.2) is 36.5 Å². The number of rotatable bonds is 8. The fraction of sp³-hybridized carbons (Fsp3) is 0.478. The van der Waals surface area contributed by atoms with E-state index in [1.54, 1.807) is 0 Å². The first-order valence-electron chi connectivity index (χ1n) is 10.5. The van der Waals surface area contributed by atoms with E-state index in [0.717, 1.165) is 12.0 Å². The van der Waals surface area contributed by atoms with Gasteiger partial charge in [0.15, 0.2) is 11.6 Å². The SMILES string of the molecule is CC(=O)NC(C)Cc1ccc(C2CN(c3ncc(OCC4CC4(F)F)cc3F)C2)cc1.